The Kier molecular flexibility index (Phi) is 11.6. The molecule has 0 bridgehead atoms. The third kappa shape index (κ3) is 8.68. The van der Waals surface area contributed by atoms with Crippen molar-refractivity contribution in [3.05, 3.63) is 86.6 Å². The van der Waals surface area contributed by atoms with E-state index in [0.29, 0.717) is 16.6 Å². The summed E-state index contributed by atoms with van der Waals surface area (Å²) in [5.74, 6) is -0.719. The number of aldehydes is 1. The first-order valence-electron chi connectivity index (χ1n) is 12.0. The Hall–Kier alpha value is -2.68. The maximum Gasteiger partial charge on any atom is 0.310 e. The van der Waals surface area contributed by atoms with Crippen molar-refractivity contribution in [3.63, 3.8) is 0 Å². The Morgan fingerprint density at radius 1 is 1.16 bits per heavy atom. The fraction of sp³-hybridized carbons (Fsp3) is 0.333. The normalized spacial score (nSPS) is 10.9. The minimum atomic E-state index is -0.500. The quantitative estimate of drug-likeness (QED) is 0.164. The Labute approximate surface area is 237 Å². The van der Waals surface area contributed by atoms with Crippen molar-refractivity contribution >= 4 is 45.8 Å². The van der Waals surface area contributed by atoms with E-state index in [4.69, 9.17) is 9.84 Å². The lowest BCUT2D eigenvalue weighted by molar-refractivity contribution is -0.139. The van der Waals surface area contributed by atoms with Crippen molar-refractivity contribution in [1.82, 2.24) is 0 Å². The summed E-state index contributed by atoms with van der Waals surface area (Å²) in [6.07, 6.45) is 2.77. The fourth-order valence-corrected chi connectivity index (χ4v) is 4.81. The largest absolute Gasteiger partial charge is 0.469 e. The molecule has 5 nitrogen and oxygen atoms in total. The van der Waals surface area contributed by atoms with Gasteiger partial charge >= 0.3 is 5.97 Å². The van der Waals surface area contributed by atoms with E-state index in [2.05, 4.69) is 15.9 Å². The summed E-state index contributed by atoms with van der Waals surface area (Å²) in [6.45, 7) is 9.56. The van der Waals surface area contributed by atoms with Crippen LogP contribution >= 0.6 is 27.9 Å². The van der Waals surface area contributed by atoms with E-state index in [1.807, 2.05) is 60.8 Å². The standard InChI is InChI=1S/C26H25BrFNO3S.C4H10O/c1-16-8-10-18(11-9-16)25-20(15-30)12-23(17(2)21(25)13-24(31)32-3)29(33-4)14-19-6-5-7-22(28)26(19)27;1-4(2,3)5/h5-12,15H,13-14H2,1-4H3;5H,1-3H3. The van der Waals surface area contributed by atoms with Gasteiger partial charge in [-0.2, -0.15) is 0 Å². The number of carbonyl (C=O) groups is 2. The van der Waals surface area contributed by atoms with E-state index in [1.165, 1.54) is 25.1 Å². The molecule has 0 atom stereocenters. The van der Waals surface area contributed by atoms with Crippen molar-refractivity contribution in [3.8, 4) is 11.1 Å². The number of aryl methyl sites for hydroxylation is 1. The molecule has 0 saturated carbocycles. The highest BCUT2D eigenvalue weighted by atomic mass is 79.9. The number of esters is 1. The predicted molar refractivity (Wildman–Crippen MR) is 158 cm³/mol. The minimum absolute atomic E-state index is 0.0338. The van der Waals surface area contributed by atoms with E-state index >= 15 is 0 Å². The number of nitrogens with zero attached hydrogens (tertiary/aromatic N) is 1. The maximum absolute atomic E-state index is 14.1. The number of halogens is 2. The summed E-state index contributed by atoms with van der Waals surface area (Å²) in [4.78, 5) is 24.5. The molecule has 38 heavy (non-hydrogen) atoms. The molecular formula is C30H35BrFNO4S. The SMILES string of the molecule is CC(C)(C)O.COC(=O)Cc1c(C)c(N(Cc2cccc(F)c2Br)SC)cc(C=O)c1-c1ccc(C)cc1. The molecule has 0 spiro atoms. The van der Waals surface area contributed by atoms with Gasteiger partial charge in [-0.1, -0.05) is 53.9 Å². The van der Waals surface area contributed by atoms with E-state index < -0.39 is 5.60 Å². The van der Waals surface area contributed by atoms with Gasteiger partial charge in [0.1, 0.15) is 5.82 Å². The first kappa shape index (κ1) is 31.5. The van der Waals surface area contributed by atoms with Crippen LogP contribution < -0.4 is 4.31 Å². The molecule has 0 aliphatic heterocycles. The lowest BCUT2D eigenvalue weighted by atomic mass is 9.88. The van der Waals surface area contributed by atoms with Crippen LogP contribution in [0, 0.1) is 19.7 Å². The summed E-state index contributed by atoms with van der Waals surface area (Å²) < 4.78 is 21.4. The molecule has 3 rings (SSSR count). The highest BCUT2D eigenvalue weighted by Gasteiger charge is 2.23. The Morgan fingerprint density at radius 2 is 1.76 bits per heavy atom. The predicted octanol–water partition coefficient (Wildman–Crippen LogP) is 7.46. The number of ether oxygens (including phenoxy) is 1. The molecule has 1 N–H and O–H groups in total. The van der Waals surface area contributed by atoms with Crippen LogP contribution in [0.5, 0.6) is 0 Å². The highest BCUT2D eigenvalue weighted by molar-refractivity contribution is 9.10. The Morgan fingerprint density at radius 3 is 2.29 bits per heavy atom. The second kappa shape index (κ2) is 13.9. The molecule has 204 valence electrons. The van der Waals surface area contributed by atoms with Crippen LogP contribution in [-0.4, -0.2) is 36.3 Å². The van der Waals surface area contributed by atoms with Crippen LogP contribution in [0.2, 0.25) is 0 Å². The number of benzene rings is 3. The van der Waals surface area contributed by atoms with Crippen LogP contribution in [0.3, 0.4) is 0 Å². The lowest BCUT2D eigenvalue weighted by Gasteiger charge is -2.27. The molecule has 0 aliphatic rings. The van der Waals surface area contributed by atoms with Crippen LogP contribution in [0.15, 0.2) is 53.0 Å². The second-order valence-corrected chi connectivity index (χ2v) is 11.4. The van der Waals surface area contributed by atoms with Crippen molar-refractivity contribution in [2.45, 2.75) is 53.2 Å². The van der Waals surface area contributed by atoms with Crippen molar-refractivity contribution < 1.29 is 23.8 Å². The number of hydrogen-bond acceptors (Lipinski definition) is 6. The molecule has 0 amide bonds. The van der Waals surface area contributed by atoms with Gasteiger partial charge in [-0.3, -0.25) is 9.59 Å². The average Bonchev–Trinajstić information content (AvgIpc) is 2.85. The number of rotatable bonds is 8. The average molecular weight is 605 g/mol. The Balaban J connectivity index is 0.000000926. The summed E-state index contributed by atoms with van der Waals surface area (Å²) in [5, 5.41) is 8.52. The molecule has 8 heteroatoms. The minimum Gasteiger partial charge on any atom is -0.469 e. The number of hydrogen-bond donors (Lipinski definition) is 1. The monoisotopic (exact) mass is 603 g/mol. The number of carbonyl (C=O) groups excluding carboxylic acids is 2. The summed E-state index contributed by atoms with van der Waals surface area (Å²) in [6, 6.07) is 14.6. The molecule has 3 aromatic rings. The Bertz CT molecular complexity index is 1270. The highest BCUT2D eigenvalue weighted by Crippen LogP contribution is 2.39. The van der Waals surface area contributed by atoms with Gasteiger partial charge in [0.2, 0.25) is 0 Å². The lowest BCUT2D eigenvalue weighted by Crippen LogP contribution is -2.18. The molecule has 3 aromatic carbocycles. The van der Waals surface area contributed by atoms with Crippen molar-refractivity contribution in [2.75, 3.05) is 17.7 Å². The van der Waals surface area contributed by atoms with Crippen LogP contribution in [0.4, 0.5) is 10.1 Å². The van der Waals surface area contributed by atoms with E-state index in [9.17, 15) is 14.0 Å². The zero-order chi connectivity index (χ0) is 28.6. The summed E-state index contributed by atoms with van der Waals surface area (Å²) in [7, 11) is 1.35. The smallest absolute Gasteiger partial charge is 0.310 e. The fourth-order valence-electron chi connectivity index (χ4n) is 3.77. The van der Waals surface area contributed by atoms with Gasteiger partial charge < -0.3 is 14.1 Å². The van der Waals surface area contributed by atoms with Gasteiger partial charge in [-0.25, -0.2) is 4.39 Å². The van der Waals surface area contributed by atoms with E-state index in [1.54, 1.807) is 26.8 Å². The second-order valence-electron chi connectivity index (χ2n) is 9.80. The first-order chi connectivity index (χ1) is 17.8. The topological polar surface area (TPSA) is 66.8 Å². The van der Waals surface area contributed by atoms with E-state index in [-0.39, 0.29) is 18.2 Å². The van der Waals surface area contributed by atoms with Crippen molar-refractivity contribution in [1.29, 1.82) is 0 Å². The molecule has 0 radical (unpaired) electrons. The van der Waals surface area contributed by atoms with Gasteiger partial charge in [0.25, 0.3) is 0 Å². The molecule has 0 unspecified atom stereocenters. The van der Waals surface area contributed by atoms with Crippen LogP contribution in [0.25, 0.3) is 11.1 Å². The number of aliphatic hydroxyl groups is 1. The third-order valence-electron chi connectivity index (χ3n) is 5.57. The van der Waals surface area contributed by atoms with Gasteiger partial charge in [-0.05, 0) is 90.5 Å². The maximum atomic E-state index is 14.1. The zero-order valence-corrected chi connectivity index (χ0v) is 25.3. The van der Waals surface area contributed by atoms with Crippen LogP contribution in [0.1, 0.15) is 53.4 Å². The summed E-state index contributed by atoms with van der Waals surface area (Å²) >= 11 is 4.79. The molecule has 0 aliphatic carbocycles. The molecular weight excluding hydrogens is 569 g/mol. The van der Waals surface area contributed by atoms with Gasteiger partial charge in [-0.15, -0.1) is 0 Å². The molecule has 0 fully saturated rings. The number of methoxy groups -OCH3 is 1. The van der Waals surface area contributed by atoms with Gasteiger partial charge in [0.05, 0.1) is 35.8 Å². The first-order valence-corrected chi connectivity index (χ1v) is 14.0. The van der Waals surface area contributed by atoms with E-state index in [0.717, 1.165) is 45.4 Å². The zero-order valence-electron chi connectivity index (χ0n) is 22.9. The third-order valence-corrected chi connectivity index (χ3v) is 7.22. The molecule has 0 heterocycles. The van der Waals surface area contributed by atoms with Gasteiger partial charge in [0.15, 0.2) is 6.29 Å². The van der Waals surface area contributed by atoms with Gasteiger partial charge in [0, 0.05) is 11.8 Å². The van der Waals surface area contributed by atoms with Crippen molar-refractivity contribution in [2.24, 2.45) is 0 Å². The summed E-state index contributed by atoms with van der Waals surface area (Å²) in [5.41, 5.74) is 5.83. The molecule has 0 saturated heterocycles. The number of anilines is 1. The molecule has 0 aromatic heterocycles. The van der Waals surface area contributed by atoms with Crippen LogP contribution in [-0.2, 0) is 22.5 Å².